The maximum Gasteiger partial charge on any atom is 0.252 e. The number of rotatable bonds is 7. The number of amides is 1. The number of aryl methyl sites for hydroxylation is 1. The molecule has 0 saturated heterocycles. The Hall–Kier alpha value is -4.00. The maximum absolute atomic E-state index is 13.1. The van der Waals surface area contributed by atoms with Gasteiger partial charge in [-0.15, -0.1) is 0 Å². The van der Waals surface area contributed by atoms with Crippen LogP contribution < -0.4 is 16.2 Å². The Labute approximate surface area is 198 Å². The molecule has 2 aromatic carbocycles. The number of nitrogens with zero attached hydrogens (tertiary/aromatic N) is 3. The molecule has 174 valence electrons. The molecular weight excluding hydrogens is 426 g/mol. The summed E-state index contributed by atoms with van der Waals surface area (Å²) in [5.74, 6) is 0.248. The third kappa shape index (κ3) is 5.14. The zero-order chi connectivity index (χ0) is 24.3. The van der Waals surface area contributed by atoms with Gasteiger partial charge in [0.1, 0.15) is 5.65 Å². The molecule has 1 atom stereocenters. The number of aromatic nitrogens is 3. The molecule has 0 aliphatic rings. The largest absolute Gasteiger partial charge is 0.348 e. The molecule has 0 spiro atoms. The fourth-order valence-corrected chi connectivity index (χ4v) is 3.80. The molecule has 0 saturated carbocycles. The number of carbonyl (C=O) groups excluding carboxylic acids is 1. The zero-order valence-electron chi connectivity index (χ0n) is 19.9. The monoisotopic (exact) mass is 455 g/mol. The van der Waals surface area contributed by atoms with Gasteiger partial charge in [0.2, 0.25) is 11.9 Å². The molecule has 4 aromatic rings. The highest BCUT2D eigenvalue weighted by molar-refractivity contribution is 5.95. The van der Waals surface area contributed by atoms with Gasteiger partial charge in [0.25, 0.3) is 5.56 Å². The summed E-state index contributed by atoms with van der Waals surface area (Å²) in [7, 11) is 0. The van der Waals surface area contributed by atoms with E-state index in [0.717, 1.165) is 22.2 Å². The Balaban J connectivity index is 1.62. The van der Waals surface area contributed by atoms with Gasteiger partial charge in [-0.2, -0.15) is 4.98 Å². The number of hydrogen-bond donors (Lipinski definition) is 2. The molecule has 2 aromatic heterocycles. The predicted octanol–water partition coefficient (Wildman–Crippen LogP) is 4.94. The van der Waals surface area contributed by atoms with Crippen molar-refractivity contribution in [3.05, 3.63) is 94.4 Å². The van der Waals surface area contributed by atoms with Crippen molar-refractivity contribution in [2.75, 3.05) is 10.6 Å². The van der Waals surface area contributed by atoms with Crippen LogP contribution in [0.5, 0.6) is 0 Å². The molecule has 2 N–H and O–H groups in total. The van der Waals surface area contributed by atoms with Gasteiger partial charge in [-0.25, -0.2) is 4.98 Å². The molecular formula is C27H29N5O2. The second-order valence-corrected chi connectivity index (χ2v) is 9.21. The van der Waals surface area contributed by atoms with Crippen LogP contribution in [0.1, 0.15) is 37.9 Å². The summed E-state index contributed by atoms with van der Waals surface area (Å²) in [4.78, 5) is 35.0. The molecule has 0 bridgehead atoms. The lowest BCUT2D eigenvalue weighted by atomic mass is 9.91. The highest BCUT2D eigenvalue weighted by Crippen LogP contribution is 2.24. The van der Waals surface area contributed by atoms with Gasteiger partial charge in [-0.05, 0) is 57.0 Å². The lowest BCUT2D eigenvalue weighted by Gasteiger charge is -2.25. The maximum atomic E-state index is 13.1. The molecule has 7 heteroatoms. The van der Waals surface area contributed by atoms with Crippen molar-refractivity contribution >= 4 is 28.6 Å². The second-order valence-electron chi connectivity index (χ2n) is 9.21. The first-order valence-corrected chi connectivity index (χ1v) is 11.3. The molecule has 0 fully saturated rings. The lowest BCUT2D eigenvalue weighted by Crippen LogP contribution is -2.38. The Kier molecular flexibility index (Phi) is 6.45. The van der Waals surface area contributed by atoms with Crippen molar-refractivity contribution in [1.29, 1.82) is 0 Å². The third-order valence-electron chi connectivity index (χ3n) is 5.81. The summed E-state index contributed by atoms with van der Waals surface area (Å²) >= 11 is 0. The summed E-state index contributed by atoms with van der Waals surface area (Å²) in [6.07, 6.45) is 1.69. The van der Waals surface area contributed by atoms with E-state index in [-0.39, 0.29) is 24.1 Å². The fraction of sp³-hybridized carbons (Fsp3) is 0.259. The molecule has 34 heavy (non-hydrogen) atoms. The molecule has 0 radical (unpaired) electrons. The van der Waals surface area contributed by atoms with E-state index in [9.17, 15) is 9.59 Å². The van der Waals surface area contributed by atoms with Crippen LogP contribution in [0.2, 0.25) is 0 Å². The van der Waals surface area contributed by atoms with Gasteiger partial charge in [0.15, 0.2) is 0 Å². The number of hydrogen-bond acceptors (Lipinski definition) is 5. The van der Waals surface area contributed by atoms with Gasteiger partial charge >= 0.3 is 0 Å². The van der Waals surface area contributed by atoms with Crippen LogP contribution in [0.25, 0.3) is 11.0 Å². The minimum Gasteiger partial charge on any atom is -0.348 e. The van der Waals surface area contributed by atoms with Crippen molar-refractivity contribution in [3.63, 3.8) is 0 Å². The van der Waals surface area contributed by atoms with Gasteiger partial charge in [0.05, 0.1) is 11.5 Å². The van der Waals surface area contributed by atoms with Crippen molar-refractivity contribution in [2.24, 2.45) is 5.41 Å². The lowest BCUT2D eigenvalue weighted by molar-refractivity contribution is -0.124. The normalized spacial score (nSPS) is 12.4. The van der Waals surface area contributed by atoms with Crippen molar-refractivity contribution < 1.29 is 4.79 Å². The quantitative estimate of drug-likeness (QED) is 0.412. The standard InChI is InChI=1S/C27H29N5O2/c1-18-9-8-12-22(15-18)30-25(34)27(3,4)17-32-23(33)14-13-21-16-28-26(31-24(21)32)29-19(2)20-10-6-5-7-11-20/h5-16,19H,17H2,1-4H3,(H,30,34)(H,28,29,31). The van der Waals surface area contributed by atoms with Gasteiger partial charge < -0.3 is 10.6 Å². The van der Waals surface area contributed by atoms with Crippen molar-refractivity contribution in [1.82, 2.24) is 14.5 Å². The van der Waals surface area contributed by atoms with Crippen molar-refractivity contribution in [2.45, 2.75) is 40.3 Å². The average molecular weight is 456 g/mol. The minimum absolute atomic E-state index is 0.0147. The molecule has 2 heterocycles. The molecule has 1 amide bonds. The predicted molar refractivity (Wildman–Crippen MR) is 136 cm³/mol. The highest BCUT2D eigenvalue weighted by Gasteiger charge is 2.29. The minimum atomic E-state index is -0.863. The number of fused-ring (bicyclic) bond motifs is 1. The van der Waals surface area contributed by atoms with Gasteiger partial charge in [0, 0.05) is 29.9 Å². The molecule has 1 unspecified atom stereocenters. The summed E-state index contributed by atoms with van der Waals surface area (Å²) in [6, 6.07) is 20.8. The van der Waals surface area contributed by atoms with Crippen LogP contribution in [0.4, 0.5) is 11.6 Å². The fourth-order valence-electron chi connectivity index (χ4n) is 3.80. The first-order chi connectivity index (χ1) is 16.2. The van der Waals surface area contributed by atoms with Crippen LogP contribution in [-0.2, 0) is 11.3 Å². The SMILES string of the molecule is Cc1cccc(NC(=O)C(C)(C)Cn2c(=O)ccc3cnc(NC(C)c4ccccc4)nc32)c1. The number of carbonyl (C=O) groups is 1. The summed E-state index contributed by atoms with van der Waals surface area (Å²) in [6.45, 7) is 7.81. The van der Waals surface area contributed by atoms with E-state index in [2.05, 4.69) is 20.6 Å². The van der Waals surface area contributed by atoms with E-state index in [1.54, 1.807) is 16.8 Å². The highest BCUT2D eigenvalue weighted by atomic mass is 16.2. The molecule has 4 rings (SSSR count). The van der Waals surface area contributed by atoms with Gasteiger partial charge in [-0.1, -0.05) is 42.5 Å². The number of nitrogens with one attached hydrogen (secondary N) is 2. The van der Waals surface area contributed by atoms with E-state index in [4.69, 9.17) is 0 Å². The van der Waals surface area contributed by atoms with Crippen LogP contribution >= 0.6 is 0 Å². The van der Waals surface area contributed by atoms with E-state index >= 15 is 0 Å². The molecule has 0 aliphatic heterocycles. The van der Waals surface area contributed by atoms with E-state index in [1.807, 2.05) is 82.3 Å². The van der Waals surface area contributed by atoms with Crippen LogP contribution in [0.3, 0.4) is 0 Å². The zero-order valence-corrected chi connectivity index (χ0v) is 19.9. The summed E-state index contributed by atoms with van der Waals surface area (Å²) in [5, 5.41) is 7.00. The Morgan fingerprint density at radius 3 is 2.56 bits per heavy atom. The van der Waals surface area contributed by atoms with E-state index in [1.165, 1.54) is 6.07 Å². The Morgan fingerprint density at radius 1 is 1.06 bits per heavy atom. The second kappa shape index (κ2) is 9.47. The third-order valence-corrected chi connectivity index (χ3v) is 5.81. The van der Waals surface area contributed by atoms with E-state index < -0.39 is 5.41 Å². The average Bonchev–Trinajstić information content (AvgIpc) is 2.81. The summed E-state index contributed by atoms with van der Waals surface area (Å²) < 4.78 is 1.55. The van der Waals surface area contributed by atoms with Crippen LogP contribution in [0, 0.1) is 12.3 Å². The first kappa shape index (κ1) is 23.2. The van der Waals surface area contributed by atoms with Crippen LogP contribution in [0.15, 0.2) is 77.7 Å². The molecule has 7 nitrogen and oxygen atoms in total. The topological polar surface area (TPSA) is 88.9 Å². The number of benzene rings is 2. The van der Waals surface area contributed by atoms with Crippen molar-refractivity contribution in [3.8, 4) is 0 Å². The van der Waals surface area contributed by atoms with Gasteiger partial charge in [-0.3, -0.25) is 14.2 Å². The smallest absolute Gasteiger partial charge is 0.252 e. The Morgan fingerprint density at radius 2 is 1.82 bits per heavy atom. The van der Waals surface area contributed by atoms with Crippen LogP contribution in [-0.4, -0.2) is 20.4 Å². The first-order valence-electron chi connectivity index (χ1n) is 11.3. The number of anilines is 2. The summed E-state index contributed by atoms with van der Waals surface area (Å²) in [5.41, 5.74) is 2.30. The van der Waals surface area contributed by atoms with E-state index in [0.29, 0.717) is 11.6 Å². The number of pyridine rings is 1. The molecule has 0 aliphatic carbocycles. The Bertz CT molecular complexity index is 1380.